The molecule has 2 atom stereocenters. The predicted molar refractivity (Wildman–Crippen MR) is 99.5 cm³/mol. The Bertz CT molecular complexity index is 635. The third kappa shape index (κ3) is 4.61. The van der Waals surface area contributed by atoms with E-state index in [4.69, 9.17) is 14.2 Å². The number of esters is 1. The van der Waals surface area contributed by atoms with Crippen LogP contribution in [0.4, 0.5) is 0 Å². The van der Waals surface area contributed by atoms with Crippen LogP contribution in [0.15, 0.2) is 18.2 Å². The summed E-state index contributed by atoms with van der Waals surface area (Å²) in [6.45, 7) is 7.29. The van der Waals surface area contributed by atoms with Gasteiger partial charge < -0.3 is 14.2 Å². The maximum Gasteiger partial charge on any atom is 0.332 e. The van der Waals surface area contributed by atoms with Gasteiger partial charge in [0.15, 0.2) is 14.2 Å². The number of benzene rings is 1. The number of rotatable bonds is 10. The number of ether oxygens (including phenoxy) is 3. The van der Waals surface area contributed by atoms with E-state index in [0.29, 0.717) is 6.42 Å². The van der Waals surface area contributed by atoms with Gasteiger partial charge in [0.2, 0.25) is 5.16 Å². The summed E-state index contributed by atoms with van der Waals surface area (Å²) < 4.78 is 28.1. The van der Waals surface area contributed by atoms with Crippen molar-refractivity contribution < 1.29 is 28.4 Å². The number of carbonyl (C=O) groups is 2. The average Bonchev–Trinajstić information content (AvgIpc) is 2.64. The van der Waals surface area contributed by atoms with E-state index in [1.807, 2.05) is 20.8 Å². The zero-order valence-electron chi connectivity index (χ0n) is 16.2. The third-order valence-corrected chi connectivity index (χ3v) is 4.99. The summed E-state index contributed by atoms with van der Waals surface area (Å²) in [6.07, 6.45) is 0.279. The highest BCUT2D eigenvalue weighted by molar-refractivity contribution is 7.30. The fraction of sp³-hybridized carbons (Fsp3) is 0.579. The van der Waals surface area contributed by atoms with Crippen LogP contribution in [-0.2, 0) is 14.1 Å². The van der Waals surface area contributed by atoms with Crippen LogP contribution in [0.1, 0.15) is 50.9 Å². The lowest BCUT2D eigenvalue weighted by atomic mass is 9.87. The summed E-state index contributed by atoms with van der Waals surface area (Å²) >= 11 is 0. The van der Waals surface area contributed by atoms with Crippen LogP contribution in [0, 0.1) is 5.92 Å². The summed E-state index contributed by atoms with van der Waals surface area (Å²) in [5.74, 6) is -0.990. The van der Waals surface area contributed by atoms with Crippen LogP contribution >= 0.6 is 8.46 Å². The Balaban J connectivity index is 3.55. The molecule has 144 valence electrons. The van der Waals surface area contributed by atoms with E-state index in [2.05, 4.69) is 0 Å². The first-order valence-corrected chi connectivity index (χ1v) is 9.39. The summed E-state index contributed by atoms with van der Waals surface area (Å²) in [6, 6.07) is 4.86. The van der Waals surface area contributed by atoms with Crippen molar-refractivity contribution in [2.75, 3.05) is 14.2 Å². The SMILES string of the molecule is CCC(C)OC(=O)C(CC(C)C)(P=O)C(=O)c1c(OC)cccc1OC. The summed E-state index contributed by atoms with van der Waals surface area (Å²) in [7, 11) is 2.22. The van der Waals surface area contributed by atoms with Crippen LogP contribution in [0.25, 0.3) is 0 Å². The van der Waals surface area contributed by atoms with Crippen molar-refractivity contribution in [2.24, 2.45) is 5.92 Å². The lowest BCUT2D eigenvalue weighted by Crippen LogP contribution is -2.45. The molecule has 0 fully saturated rings. The molecule has 0 bridgehead atoms. The van der Waals surface area contributed by atoms with Crippen molar-refractivity contribution in [3.05, 3.63) is 23.8 Å². The van der Waals surface area contributed by atoms with E-state index in [-0.39, 0.29) is 35.5 Å². The lowest BCUT2D eigenvalue weighted by molar-refractivity contribution is -0.150. The van der Waals surface area contributed by atoms with E-state index in [0.717, 1.165) is 0 Å². The minimum atomic E-state index is -1.85. The van der Waals surface area contributed by atoms with Crippen LogP contribution in [-0.4, -0.2) is 37.2 Å². The number of carbonyl (C=O) groups excluding carboxylic acids is 2. The maximum atomic E-state index is 13.4. The second-order valence-electron chi connectivity index (χ2n) is 6.54. The predicted octanol–water partition coefficient (Wildman–Crippen LogP) is 4.30. The Kier molecular flexibility index (Phi) is 8.22. The molecular weight excluding hydrogens is 355 g/mol. The van der Waals surface area contributed by atoms with Crippen molar-refractivity contribution in [2.45, 2.75) is 51.8 Å². The number of hydrogen-bond acceptors (Lipinski definition) is 6. The molecule has 0 heterocycles. The quantitative estimate of drug-likeness (QED) is 0.260. The van der Waals surface area contributed by atoms with Crippen LogP contribution in [0.5, 0.6) is 11.5 Å². The monoisotopic (exact) mass is 382 g/mol. The van der Waals surface area contributed by atoms with E-state index in [1.54, 1.807) is 25.1 Å². The number of methoxy groups -OCH3 is 2. The molecule has 7 heteroatoms. The van der Waals surface area contributed by atoms with Crippen molar-refractivity contribution in [1.29, 1.82) is 0 Å². The topological polar surface area (TPSA) is 78.9 Å². The standard InChI is InChI=1S/C19H27O6P/c1-7-13(4)25-18(21)19(26-22,11-12(2)3)17(20)16-14(23-5)9-8-10-15(16)24-6/h8-10,12-13H,7,11H2,1-6H3. The van der Waals surface area contributed by atoms with E-state index in [9.17, 15) is 14.2 Å². The van der Waals surface area contributed by atoms with Gasteiger partial charge in [0, 0.05) is 0 Å². The zero-order chi connectivity index (χ0) is 19.9. The molecule has 0 amide bonds. The third-order valence-electron chi connectivity index (χ3n) is 4.11. The fourth-order valence-electron chi connectivity index (χ4n) is 2.62. The van der Waals surface area contributed by atoms with E-state index in [1.165, 1.54) is 14.2 Å². The number of hydrogen-bond donors (Lipinski definition) is 0. The molecule has 0 aliphatic rings. The molecular formula is C19H27O6P. The van der Waals surface area contributed by atoms with Crippen LogP contribution < -0.4 is 9.47 Å². The molecule has 2 unspecified atom stereocenters. The normalized spacial score (nSPS) is 14.6. The van der Waals surface area contributed by atoms with Crippen molar-refractivity contribution >= 4 is 20.2 Å². The number of Topliss-reactive ketones (excluding diaryl/α,β-unsaturated/α-hetero) is 1. The Morgan fingerprint density at radius 3 is 2.04 bits per heavy atom. The summed E-state index contributed by atoms with van der Waals surface area (Å²) in [5.41, 5.74) is 0.0857. The van der Waals surface area contributed by atoms with Crippen LogP contribution in [0.2, 0.25) is 0 Å². The van der Waals surface area contributed by atoms with Gasteiger partial charge in [-0.05, 0) is 37.8 Å². The van der Waals surface area contributed by atoms with Crippen LogP contribution in [0.3, 0.4) is 0 Å². The average molecular weight is 382 g/mol. The van der Waals surface area contributed by atoms with Crippen molar-refractivity contribution in [3.63, 3.8) is 0 Å². The molecule has 0 aliphatic heterocycles. The molecule has 0 radical (unpaired) electrons. The van der Waals surface area contributed by atoms with Crippen molar-refractivity contribution in [3.8, 4) is 11.5 Å². The van der Waals surface area contributed by atoms with Gasteiger partial charge in [0.1, 0.15) is 17.1 Å². The fourth-order valence-corrected chi connectivity index (χ4v) is 3.38. The first kappa shape index (κ1) is 22.1. The highest BCUT2D eigenvalue weighted by Gasteiger charge is 2.51. The Hall–Kier alpha value is -1.94. The summed E-state index contributed by atoms with van der Waals surface area (Å²) in [5, 5.41) is -1.85. The van der Waals surface area contributed by atoms with Gasteiger partial charge in [-0.25, -0.2) is 0 Å². The molecule has 1 aromatic rings. The van der Waals surface area contributed by atoms with E-state index < -0.39 is 25.4 Å². The highest BCUT2D eigenvalue weighted by Crippen LogP contribution is 2.41. The maximum absolute atomic E-state index is 13.4. The second-order valence-corrected chi connectivity index (χ2v) is 7.49. The van der Waals surface area contributed by atoms with Gasteiger partial charge in [-0.15, -0.1) is 0 Å². The Morgan fingerprint density at radius 1 is 1.12 bits per heavy atom. The zero-order valence-corrected chi connectivity index (χ0v) is 17.1. The van der Waals surface area contributed by atoms with Gasteiger partial charge in [-0.3, -0.25) is 14.2 Å². The molecule has 1 rings (SSSR count). The van der Waals surface area contributed by atoms with Gasteiger partial charge in [0.05, 0.1) is 20.3 Å². The Morgan fingerprint density at radius 2 is 1.65 bits per heavy atom. The smallest absolute Gasteiger partial charge is 0.332 e. The molecule has 6 nitrogen and oxygen atoms in total. The molecule has 0 aliphatic carbocycles. The highest BCUT2D eigenvalue weighted by atomic mass is 31.1. The minimum Gasteiger partial charge on any atom is -0.496 e. The van der Waals surface area contributed by atoms with E-state index >= 15 is 0 Å². The minimum absolute atomic E-state index is 0.0643. The molecule has 1 aromatic carbocycles. The molecule has 0 spiro atoms. The van der Waals surface area contributed by atoms with Gasteiger partial charge in [-0.1, -0.05) is 26.8 Å². The van der Waals surface area contributed by atoms with Gasteiger partial charge in [0.25, 0.3) is 0 Å². The summed E-state index contributed by atoms with van der Waals surface area (Å²) in [4.78, 5) is 26.3. The first-order valence-electron chi connectivity index (χ1n) is 8.58. The largest absolute Gasteiger partial charge is 0.496 e. The molecule has 0 saturated heterocycles. The lowest BCUT2D eigenvalue weighted by Gasteiger charge is -2.28. The van der Waals surface area contributed by atoms with Gasteiger partial charge in [-0.2, -0.15) is 0 Å². The molecule has 0 N–H and O–H groups in total. The molecule has 26 heavy (non-hydrogen) atoms. The van der Waals surface area contributed by atoms with Crippen molar-refractivity contribution in [1.82, 2.24) is 0 Å². The first-order chi connectivity index (χ1) is 12.3. The molecule has 0 saturated carbocycles. The second kappa shape index (κ2) is 9.67. The number of ketones is 1. The van der Waals surface area contributed by atoms with Gasteiger partial charge >= 0.3 is 5.97 Å². The Labute approximate surface area is 156 Å². The molecule has 0 aromatic heterocycles.